The van der Waals surface area contributed by atoms with Crippen LogP contribution in [0.2, 0.25) is 0 Å². The number of para-hydroxylation sites is 1. The molecule has 0 aromatic heterocycles. The van der Waals surface area contributed by atoms with Crippen LogP contribution in [0, 0.1) is 5.82 Å². The minimum atomic E-state index is -0.303. The van der Waals surface area contributed by atoms with Crippen LogP contribution in [0.3, 0.4) is 0 Å². The van der Waals surface area contributed by atoms with Crippen LogP contribution < -0.4 is 10.6 Å². The van der Waals surface area contributed by atoms with Gasteiger partial charge in [0.1, 0.15) is 5.82 Å². The van der Waals surface area contributed by atoms with Gasteiger partial charge in [-0.05, 0) is 35.7 Å². The summed E-state index contributed by atoms with van der Waals surface area (Å²) in [6.45, 7) is 1.81. The Hall–Kier alpha value is -2.69. The third kappa shape index (κ3) is 5.54. The van der Waals surface area contributed by atoms with Crippen molar-refractivity contribution in [3.05, 3.63) is 66.0 Å². The summed E-state index contributed by atoms with van der Waals surface area (Å²) in [6.07, 6.45) is 0.240. The summed E-state index contributed by atoms with van der Waals surface area (Å²) in [5.74, 6) is -0.847. The van der Waals surface area contributed by atoms with Crippen LogP contribution in [0.15, 0.2) is 54.6 Å². The van der Waals surface area contributed by atoms with Gasteiger partial charge in [-0.2, -0.15) is 0 Å². The summed E-state index contributed by atoms with van der Waals surface area (Å²) < 4.78 is 12.9. The standard InChI is InChI=1S/C18H19FN2O2/c1-13(14-7-9-15(19)10-8-14)11-17(22)20-12-18(23)21-16-5-3-2-4-6-16/h2-10,13H,11-12H2,1H3,(H,20,22)(H,21,23). The van der Waals surface area contributed by atoms with Crippen LogP contribution in [0.5, 0.6) is 0 Å². The van der Waals surface area contributed by atoms with Crippen molar-refractivity contribution >= 4 is 17.5 Å². The van der Waals surface area contributed by atoms with Gasteiger partial charge in [-0.15, -0.1) is 0 Å². The molecule has 2 rings (SSSR count). The van der Waals surface area contributed by atoms with Gasteiger partial charge >= 0.3 is 0 Å². The average Bonchev–Trinajstić information content (AvgIpc) is 2.54. The maximum Gasteiger partial charge on any atom is 0.243 e. The SMILES string of the molecule is CC(CC(=O)NCC(=O)Nc1ccccc1)c1ccc(F)cc1. The molecule has 0 spiro atoms. The van der Waals surface area contributed by atoms with Crippen molar-refractivity contribution in [1.82, 2.24) is 5.32 Å². The number of hydrogen-bond donors (Lipinski definition) is 2. The summed E-state index contributed by atoms with van der Waals surface area (Å²) >= 11 is 0. The van der Waals surface area contributed by atoms with E-state index in [1.165, 1.54) is 12.1 Å². The predicted molar refractivity (Wildman–Crippen MR) is 87.5 cm³/mol. The Balaban J connectivity index is 1.76. The molecule has 0 aliphatic heterocycles. The Morgan fingerprint density at radius 2 is 1.65 bits per heavy atom. The first-order valence-corrected chi connectivity index (χ1v) is 7.41. The number of rotatable bonds is 6. The van der Waals surface area contributed by atoms with Crippen molar-refractivity contribution < 1.29 is 14.0 Å². The van der Waals surface area contributed by atoms with Gasteiger partial charge in [0.25, 0.3) is 0 Å². The average molecular weight is 314 g/mol. The van der Waals surface area contributed by atoms with Gasteiger partial charge in [0.15, 0.2) is 0 Å². The van der Waals surface area contributed by atoms with Gasteiger partial charge in [0, 0.05) is 12.1 Å². The first kappa shape index (κ1) is 16.7. The number of hydrogen-bond acceptors (Lipinski definition) is 2. The molecule has 23 heavy (non-hydrogen) atoms. The normalized spacial score (nSPS) is 11.6. The minimum Gasteiger partial charge on any atom is -0.347 e. The summed E-state index contributed by atoms with van der Waals surface area (Å²) in [5.41, 5.74) is 1.57. The van der Waals surface area contributed by atoms with Gasteiger partial charge in [-0.1, -0.05) is 37.3 Å². The van der Waals surface area contributed by atoms with Gasteiger partial charge in [-0.25, -0.2) is 4.39 Å². The van der Waals surface area contributed by atoms with Gasteiger partial charge in [0.2, 0.25) is 11.8 Å². The molecule has 2 amide bonds. The molecule has 4 nitrogen and oxygen atoms in total. The first-order valence-electron chi connectivity index (χ1n) is 7.41. The lowest BCUT2D eigenvalue weighted by Gasteiger charge is -2.12. The molecule has 0 fully saturated rings. The summed E-state index contributed by atoms with van der Waals surface area (Å²) in [5, 5.41) is 5.28. The number of carbonyl (C=O) groups is 2. The van der Waals surface area contributed by atoms with Crippen molar-refractivity contribution in [2.75, 3.05) is 11.9 Å². The molecule has 0 aliphatic rings. The Morgan fingerprint density at radius 3 is 2.30 bits per heavy atom. The van der Waals surface area contributed by atoms with Gasteiger partial charge < -0.3 is 10.6 Å². The Labute approximate surface area is 134 Å². The zero-order valence-electron chi connectivity index (χ0n) is 12.9. The summed E-state index contributed by atoms with van der Waals surface area (Å²) in [7, 11) is 0. The number of benzene rings is 2. The van der Waals surface area contributed by atoms with Crippen molar-refractivity contribution in [3.8, 4) is 0 Å². The smallest absolute Gasteiger partial charge is 0.243 e. The topological polar surface area (TPSA) is 58.2 Å². The highest BCUT2D eigenvalue weighted by atomic mass is 19.1. The predicted octanol–water partition coefficient (Wildman–Crippen LogP) is 3.07. The van der Waals surface area contributed by atoms with Crippen LogP contribution in [0.25, 0.3) is 0 Å². The molecule has 0 saturated carbocycles. The fourth-order valence-corrected chi connectivity index (χ4v) is 2.16. The largest absolute Gasteiger partial charge is 0.347 e. The Morgan fingerprint density at radius 1 is 1.00 bits per heavy atom. The quantitative estimate of drug-likeness (QED) is 0.861. The highest BCUT2D eigenvalue weighted by Crippen LogP contribution is 2.18. The van der Waals surface area contributed by atoms with E-state index in [1.54, 1.807) is 24.3 Å². The van der Waals surface area contributed by atoms with E-state index in [4.69, 9.17) is 0 Å². The van der Waals surface area contributed by atoms with Gasteiger partial charge in [0.05, 0.1) is 6.54 Å². The van der Waals surface area contributed by atoms with Crippen LogP contribution in [-0.2, 0) is 9.59 Å². The molecular formula is C18H19FN2O2. The third-order valence-corrected chi connectivity index (χ3v) is 3.43. The number of halogens is 1. The van der Waals surface area contributed by atoms with E-state index in [2.05, 4.69) is 10.6 Å². The summed E-state index contributed by atoms with van der Waals surface area (Å²) in [4.78, 5) is 23.6. The number of nitrogens with one attached hydrogen (secondary N) is 2. The summed E-state index contributed by atoms with van der Waals surface area (Å²) in [6, 6.07) is 15.1. The van der Waals surface area contributed by atoms with E-state index in [0.717, 1.165) is 5.56 Å². The second-order valence-corrected chi connectivity index (χ2v) is 5.35. The molecular weight excluding hydrogens is 295 g/mol. The second-order valence-electron chi connectivity index (χ2n) is 5.35. The van der Waals surface area contributed by atoms with Crippen molar-refractivity contribution in [2.24, 2.45) is 0 Å². The van der Waals surface area contributed by atoms with Gasteiger partial charge in [-0.3, -0.25) is 9.59 Å². The molecule has 0 aliphatic carbocycles. The highest BCUT2D eigenvalue weighted by Gasteiger charge is 2.12. The van der Waals surface area contributed by atoms with Crippen molar-refractivity contribution in [3.63, 3.8) is 0 Å². The first-order chi connectivity index (χ1) is 11.0. The highest BCUT2D eigenvalue weighted by molar-refractivity contribution is 5.94. The van der Waals surface area contributed by atoms with E-state index in [0.29, 0.717) is 5.69 Å². The second kappa shape index (κ2) is 8.08. The van der Waals surface area contributed by atoms with E-state index < -0.39 is 0 Å². The lowest BCUT2D eigenvalue weighted by molar-refractivity contribution is -0.124. The maximum atomic E-state index is 12.9. The molecule has 0 saturated heterocycles. The Kier molecular flexibility index (Phi) is 5.86. The fraction of sp³-hybridized carbons (Fsp3) is 0.222. The molecule has 0 heterocycles. The van der Waals surface area contributed by atoms with Crippen LogP contribution in [0.1, 0.15) is 24.8 Å². The maximum absolute atomic E-state index is 12.9. The molecule has 5 heteroatoms. The molecule has 0 bridgehead atoms. The third-order valence-electron chi connectivity index (χ3n) is 3.43. The van der Waals surface area contributed by atoms with Crippen LogP contribution >= 0.6 is 0 Å². The number of carbonyl (C=O) groups excluding carboxylic acids is 2. The van der Waals surface area contributed by atoms with Crippen molar-refractivity contribution in [2.45, 2.75) is 19.3 Å². The monoisotopic (exact) mass is 314 g/mol. The molecule has 2 aromatic rings. The lowest BCUT2D eigenvalue weighted by Crippen LogP contribution is -2.33. The fourth-order valence-electron chi connectivity index (χ4n) is 2.16. The zero-order chi connectivity index (χ0) is 16.7. The minimum absolute atomic E-state index is 0.0483. The zero-order valence-corrected chi connectivity index (χ0v) is 12.9. The molecule has 2 aromatic carbocycles. The molecule has 1 unspecified atom stereocenters. The van der Waals surface area contributed by atoms with E-state index in [1.807, 2.05) is 25.1 Å². The van der Waals surface area contributed by atoms with E-state index in [9.17, 15) is 14.0 Å². The molecule has 120 valence electrons. The molecule has 2 N–H and O–H groups in total. The van der Waals surface area contributed by atoms with Crippen LogP contribution in [0.4, 0.5) is 10.1 Å². The van der Waals surface area contributed by atoms with E-state index in [-0.39, 0.29) is 36.5 Å². The molecule has 1 atom stereocenters. The lowest BCUT2D eigenvalue weighted by atomic mass is 9.97. The Bertz CT molecular complexity index is 656. The number of amides is 2. The number of anilines is 1. The van der Waals surface area contributed by atoms with Crippen LogP contribution in [-0.4, -0.2) is 18.4 Å². The van der Waals surface area contributed by atoms with Crippen molar-refractivity contribution in [1.29, 1.82) is 0 Å². The molecule has 0 radical (unpaired) electrons. The van der Waals surface area contributed by atoms with E-state index >= 15 is 0 Å².